The number of alkyl halides is 3. The molecule has 0 N–H and O–H groups in total. The first-order chi connectivity index (χ1) is 14.8. The average Bonchev–Trinajstić information content (AvgIpc) is 2.73. The number of halogens is 5. The molecule has 1 unspecified atom stereocenters. The van der Waals surface area contributed by atoms with E-state index in [-0.39, 0.29) is 12.0 Å². The van der Waals surface area contributed by atoms with Crippen LogP contribution in [0.25, 0.3) is 0 Å². The van der Waals surface area contributed by atoms with Crippen molar-refractivity contribution in [1.82, 2.24) is 0 Å². The maximum absolute atomic E-state index is 14.5. The molecule has 0 nitrogen and oxygen atoms in total. The van der Waals surface area contributed by atoms with Gasteiger partial charge in [0.25, 0.3) is 0 Å². The van der Waals surface area contributed by atoms with Gasteiger partial charge in [0.15, 0.2) is 0 Å². The van der Waals surface area contributed by atoms with Gasteiger partial charge in [-0.1, -0.05) is 32.6 Å². The molecule has 1 aromatic carbocycles. The highest BCUT2D eigenvalue weighted by atomic mass is 19.4. The van der Waals surface area contributed by atoms with Crippen LogP contribution in [-0.2, 0) is 19.0 Å². The molecule has 174 valence electrons. The van der Waals surface area contributed by atoms with Crippen molar-refractivity contribution < 1.29 is 22.0 Å². The zero-order valence-electron chi connectivity index (χ0n) is 18.5. The lowest BCUT2D eigenvalue weighted by atomic mass is 9.65. The monoisotopic (exact) mass is 442 g/mol. The summed E-state index contributed by atoms with van der Waals surface area (Å²) in [4.78, 5) is 0. The van der Waals surface area contributed by atoms with Crippen molar-refractivity contribution in [2.75, 3.05) is 0 Å². The van der Waals surface area contributed by atoms with Gasteiger partial charge in [0.05, 0.1) is 0 Å². The molecule has 3 aliphatic rings. The Morgan fingerprint density at radius 1 is 0.806 bits per heavy atom. The summed E-state index contributed by atoms with van der Waals surface area (Å²) >= 11 is 0. The minimum Gasteiger partial charge on any atom is -0.206 e. The molecule has 0 amide bonds. The van der Waals surface area contributed by atoms with Crippen LogP contribution in [0.5, 0.6) is 0 Å². The van der Waals surface area contributed by atoms with E-state index in [4.69, 9.17) is 0 Å². The van der Waals surface area contributed by atoms with Gasteiger partial charge in [0.1, 0.15) is 17.2 Å². The Morgan fingerprint density at radius 3 is 1.90 bits per heavy atom. The molecule has 1 aromatic rings. The predicted molar refractivity (Wildman–Crippen MR) is 113 cm³/mol. The SMILES string of the molecule is CCCC1CCC(C2CCC(C3CCc4c(cc(F)c(C(F)(F)F)c4F)C3)CC2)CC1. The van der Waals surface area contributed by atoms with E-state index in [1.807, 2.05) is 0 Å². The first-order valence-electron chi connectivity index (χ1n) is 12.3. The zero-order chi connectivity index (χ0) is 22.2. The number of hydrogen-bond donors (Lipinski definition) is 0. The largest absolute Gasteiger partial charge is 0.422 e. The summed E-state index contributed by atoms with van der Waals surface area (Å²) in [7, 11) is 0. The molecule has 4 rings (SSSR count). The van der Waals surface area contributed by atoms with Crippen molar-refractivity contribution in [3.63, 3.8) is 0 Å². The van der Waals surface area contributed by atoms with Gasteiger partial charge >= 0.3 is 6.18 Å². The predicted octanol–water partition coefficient (Wildman–Crippen LogP) is 8.50. The van der Waals surface area contributed by atoms with Gasteiger partial charge in [-0.2, -0.15) is 13.2 Å². The lowest BCUT2D eigenvalue weighted by Gasteiger charge is -2.41. The van der Waals surface area contributed by atoms with Crippen molar-refractivity contribution in [2.45, 2.75) is 96.6 Å². The van der Waals surface area contributed by atoms with E-state index in [0.717, 1.165) is 36.7 Å². The highest BCUT2D eigenvalue weighted by Gasteiger charge is 2.41. The van der Waals surface area contributed by atoms with E-state index in [1.165, 1.54) is 51.4 Å². The Kier molecular flexibility index (Phi) is 6.98. The van der Waals surface area contributed by atoms with E-state index in [9.17, 15) is 22.0 Å². The Morgan fingerprint density at radius 2 is 1.35 bits per heavy atom. The van der Waals surface area contributed by atoms with Crippen LogP contribution in [0.4, 0.5) is 22.0 Å². The highest BCUT2D eigenvalue weighted by Crippen LogP contribution is 2.46. The second-order valence-corrected chi connectivity index (χ2v) is 10.4. The standard InChI is InChI=1S/C26H35F5/c1-2-3-16-4-6-17(7-5-16)18-8-10-19(11-9-18)20-12-13-22-21(14-20)15-23(27)24(25(22)28)26(29,30)31/h15-20H,2-14H2,1H3. The van der Waals surface area contributed by atoms with Crippen LogP contribution in [0.3, 0.4) is 0 Å². The molecule has 2 saturated carbocycles. The van der Waals surface area contributed by atoms with Gasteiger partial charge in [-0.25, -0.2) is 8.78 Å². The Labute approximate surface area is 183 Å². The van der Waals surface area contributed by atoms with E-state index in [2.05, 4.69) is 6.92 Å². The molecule has 0 bridgehead atoms. The lowest BCUT2D eigenvalue weighted by Crippen LogP contribution is -2.31. The molecule has 0 heterocycles. The maximum Gasteiger partial charge on any atom is 0.422 e. The summed E-state index contributed by atoms with van der Waals surface area (Å²) in [6.07, 6.45) is 9.49. The van der Waals surface area contributed by atoms with Gasteiger partial charge in [0, 0.05) is 0 Å². The second-order valence-electron chi connectivity index (χ2n) is 10.4. The highest BCUT2D eigenvalue weighted by molar-refractivity contribution is 5.38. The normalized spacial score (nSPS) is 32.0. The molecule has 0 aliphatic heterocycles. The number of fused-ring (bicyclic) bond motifs is 1. The molecule has 1 atom stereocenters. The van der Waals surface area contributed by atoms with Gasteiger partial charge in [-0.15, -0.1) is 0 Å². The molecule has 0 saturated heterocycles. The van der Waals surface area contributed by atoms with Gasteiger partial charge < -0.3 is 0 Å². The van der Waals surface area contributed by atoms with Crippen LogP contribution >= 0.6 is 0 Å². The van der Waals surface area contributed by atoms with Crippen LogP contribution < -0.4 is 0 Å². The summed E-state index contributed by atoms with van der Waals surface area (Å²) in [5.74, 6) is 0.635. The summed E-state index contributed by atoms with van der Waals surface area (Å²) in [6.45, 7) is 2.27. The van der Waals surface area contributed by atoms with E-state index >= 15 is 0 Å². The summed E-state index contributed by atoms with van der Waals surface area (Å²) in [5.41, 5.74) is -1.18. The topological polar surface area (TPSA) is 0 Å². The molecule has 0 aromatic heterocycles. The maximum atomic E-state index is 14.5. The summed E-state index contributed by atoms with van der Waals surface area (Å²) in [5, 5.41) is 0. The fourth-order valence-corrected chi connectivity index (χ4v) is 6.98. The molecule has 31 heavy (non-hydrogen) atoms. The smallest absolute Gasteiger partial charge is 0.206 e. The molecule has 5 heteroatoms. The van der Waals surface area contributed by atoms with E-state index < -0.39 is 23.4 Å². The molecular weight excluding hydrogens is 407 g/mol. The minimum absolute atomic E-state index is 0.0856. The Hall–Kier alpha value is -1.13. The number of rotatable bonds is 4. The molecule has 0 spiro atoms. The van der Waals surface area contributed by atoms with Crippen molar-refractivity contribution >= 4 is 0 Å². The third-order valence-electron chi connectivity index (χ3n) is 8.68. The van der Waals surface area contributed by atoms with Gasteiger partial charge in [-0.3, -0.25) is 0 Å². The van der Waals surface area contributed by atoms with E-state index in [1.54, 1.807) is 0 Å². The van der Waals surface area contributed by atoms with E-state index in [0.29, 0.717) is 30.2 Å². The fraction of sp³-hybridized carbons (Fsp3) is 0.769. The molecule has 0 radical (unpaired) electrons. The first-order valence-corrected chi connectivity index (χ1v) is 12.3. The fourth-order valence-electron chi connectivity index (χ4n) is 6.98. The molecule has 3 aliphatic carbocycles. The van der Waals surface area contributed by atoms with Gasteiger partial charge in [-0.05, 0) is 105 Å². The van der Waals surface area contributed by atoms with Crippen molar-refractivity contribution in [1.29, 1.82) is 0 Å². The van der Waals surface area contributed by atoms with Crippen molar-refractivity contribution in [2.24, 2.45) is 29.6 Å². The first kappa shape index (κ1) is 23.0. The van der Waals surface area contributed by atoms with Gasteiger partial charge in [0.2, 0.25) is 0 Å². The third-order valence-corrected chi connectivity index (χ3v) is 8.68. The van der Waals surface area contributed by atoms with Crippen LogP contribution in [0.1, 0.15) is 94.2 Å². The lowest BCUT2D eigenvalue weighted by molar-refractivity contribution is -0.142. The average molecular weight is 443 g/mol. The second kappa shape index (κ2) is 9.39. The Bertz CT molecular complexity index is 752. The van der Waals surface area contributed by atoms with Crippen LogP contribution in [-0.4, -0.2) is 0 Å². The molecule has 2 fully saturated rings. The summed E-state index contributed by atoms with van der Waals surface area (Å²) < 4.78 is 67.6. The third kappa shape index (κ3) is 4.95. The molecular formula is C26H35F5. The van der Waals surface area contributed by atoms with Crippen LogP contribution in [0, 0.1) is 41.2 Å². The minimum atomic E-state index is -4.99. The van der Waals surface area contributed by atoms with Crippen LogP contribution in [0.2, 0.25) is 0 Å². The van der Waals surface area contributed by atoms with Crippen molar-refractivity contribution in [3.05, 3.63) is 34.4 Å². The number of benzene rings is 1. The quantitative estimate of drug-likeness (QED) is 0.410. The van der Waals surface area contributed by atoms with Crippen molar-refractivity contribution in [3.8, 4) is 0 Å². The van der Waals surface area contributed by atoms with Crippen LogP contribution in [0.15, 0.2) is 6.07 Å². The summed E-state index contributed by atoms with van der Waals surface area (Å²) in [6, 6.07) is 0.952. The number of hydrogen-bond acceptors (Lipinski definition) is 0. The zero-order valence-corrected chi connectivity index (χ0v) is 18.5. The Balaban J connectivity index is 1.34.